The van der Waals surface area contributed by atoms with Crippen LogP contribution >= 0.6 is 0 Å². The van der Waals surface area contributed by atoms with Crippen molar-refractivity contribution < 1.29 is 18.0 Å². The molecular formula is C25H25F3N6O. The Kier molecular flexibility index (Phi) is 6.06. The summed E-state index contributed by atoms with van der Waals surface area (Å²) in [7, 11) is 1.75. The van der Waals surface area contributed by atoms with E-state index in [0.717, 1.165) is 5.56 Å². The summed E-state index contributed by atoms with van der Waals surface area (Å²) in [4.78, 5) is 15.1. The third-order valence-electron chi connectivity index (χ3n) is 6.34. The average molecular weight is 483 g/mol. The number of anilines is 1. The second-order valence-electron chi connectivity index (χ2n) is 8.97. The second kappa shape index (κ2) is 9.18. The number of fused-ring (bicyclic) bond motifs is 1. The largest absolute Gasteiger partial charge is 0.321 e. The highest BCUT2D eigenvalue weighted by Gasteiger charge is 2.33. The van der Waals surface area contributed by atoms with Crippen LogP contribution in [0.2, 0.25) is 0 Å². The van der Waals surface area contributed by atoms with Gasteiger partial charge in [0.1, 0.15) is 5.82 Å². The predicted octanol–water partition coefficient (Wildman–Crippen LogP) is 3.90. The molecule has 1 saturated heterocycles. The van der Waals surface area contributed by atoms with Crippen molar-refractivity contribution in [1.29, 1.82) is 0 Å². The molecule has 0 radical (unpaired) electrons. The number of nitrogens with one attached hydrogen (secondary N) is 2. The van der Waals surface area contributed by atoms with E-state index in [0.29, 0.717) is 54.1 Å². The van der Waals surface area contributed by atoms with Crippen molar-refractivity contribution in [3.05, 3.63) is 71.3 Å². The summed E-state index contributed by atoms with van der Waals surface area (Å²) in [5.41, 5.74) is 6.66. The van der Waals surface area contributed by atoms with E-state index in [9.17, 15) is 18.0 Å². The average Bonchev–Trinajstić information content (AvgIpc) is 3.26. The number of hydrazone groups is 1. The zero-order valence-electron chi connectivity index (χ0n) is 19.2. The van der Waals surface area contributed by atoms with Crippen LogP contribution in [0, 0.1) is 5.82 Å². The summed E-state index contributed by atoms with van der Waals surface area (Å²) in [5, 5.41) is 11.1. The fourth-order valence-corrected chi connectivity index (χ4v) is 4.38. The van der Waals surface area contributed by atoms with E-state index >= 15 is 0 Å². The highest BCUT2D eigenvalue weighted by atomic mass is 19.3. The first-order chi connectivity index (χ1) is 16.8. The summed E-state index contributed by atoms with van der Waals surface area (Å²) < 4.78 is 43.1. The van der Waals surface area contributed by atoms with Crippen LogP contribution in [-0.4, -0.2) is 45.3 Å². The number of aromatic nitrogens is 2. The molecule has 0 saturated carbocycles. The van der Waals surface area contributed by atoms with E-state index in [2.05, 4.69) is 20.9 Å². The monoisotopic (exact) mass is 482 g/mol. The molecule has 1 amide bonds. The molecule has 0 bridgehead atoms. The summed E-state index contributed by atoms with van der Waals surface area (Å²) in [5.74, 6) is -3.38. The number of alkyl halides is 2. The van der Waals surface area contributed by atoms with Gasteiger partial charge >= 0.3 is 0 Å². The van der Waals surface area contributed by atoms with Crippen LogP contribution in [0.25, 0.3) is 11.1 Å². The van der Waals surface area contributed by atoms with Crippen molar-refractivity contribution in [3.8, 4) is 11.1 Å². The Labute approximate surface area is 200 Å². The highest BCUT2D eigenvalue weighted by molar-refractivity contribution is 6.49. The number of halogens is 3. The molecule has 0 unspecified atom stereocenters. The van der Waals surface area contributed by atoms with Gasteiger partial charge in [-0.1, -0.05) is 12.1 Å². The molecule has 2 aliphatic heterocycles. The van der Waals surface area contributed by atoms with Crippen molar-refractivity contribution >= 4 is 17.3 Å². The molecule has 5 rings (SSSR count). The van der Waals surface area contributed by atoms with Crippen molar-refractivity contribution in [2.24, 2.45) is 12.1 Å². The van der Waals surface area contributed by atoms with Gasteiger partial charge in [0.25, 0.3) is 11.8 Å². The first kappa shape index (κ1) is 23.1. The predicted molar refractivity (Wildman–Crippen MR) is 127 cm³/mol. The van der Waals surface area contributed by atoms with Crippen LogP contribution in [0.1, 0.15) is 29.5 Å². The number of likely N-dealkylation sites (tertiary alicyclic amines) is 1. The van der Waals surface area contributed by atoms with Gasteiger partial charge in [-0.25, -0.2) is 13.2 Å². The van der Waals surface area contributed by atoms with E-state index in [1.54, 1.807) is 42.3 Å². The topological polar surface area (TPSA) is 74.6 Å². The van der Waals surface area contributed by atoms with Gasteiger partial charge in [-0.3, -0.25) is 14.4 Å². The van der Waals surface area contributed by atoms with E-state index in [-0.39, 0.29) is 18.6 Å². The van der Waals surface area contributed by atoms with Crippen molar-refractivity contribution in [2.75, 3.05) is 18.4 Å². The van der Waals surface area contributed by atoms with Gasteiger partial charge in [0.15, 0.2) is 5.71 Å². The van der Waals surface area contributed by atoms with Gasteiger partial charge in [-0.05, 0) is 35.4 Å². The minimum absolute atomic E-state index is 0.120. The van der Waals surface area contributed by atoms with E-state index in [1.807, 2.05) is 17.0 Å². The number of aryl methyl sites for hydroxylation is 1. The second-order valence-corrected chi connectivity index (χ2v) is 8.97. The van der Waals surface area contributed by atoms with Gasteiger partial charge in [0.2, 0.25) is 0 Å². The molecule has 182 valence electrons. The lowest BCUT2D eigenvalue weighted by Crippen LogP contribution is -2.38. The fraction of sp³-hybridized carbons (Fsp3) is 0.320. The summed E-state index contributed by atoms with van der Waals surface area (Å²) in [6.45, 7) is 1.61. The lowest BCUT2D eigenvalue weighted by atomic mass is 9.95. The molecule has 3 aromatic rings. The van der Waals surface area contributed by atoms with Crippen molar-refractivity contribution in [3.63, 3.8) is 0 Å². The highest BCUT2D eigenvalue weighted by Crippen LogP contribution is 2.29. The lowest BCUT2D eigenvalue weighted by molar-refractivity contribution is -0.110. The Morgan fingerprint density at radius 1 is 1.14 bits per heavy atom. The van der Waals surface area contributed by atoms with Crippen LogP contribution in [0.4, 0.5) is 18.9 Å². The maximum absolute atomic E-state index is 14.7. The van der Waals surface area contributed by atoms with E-state index in [1.165, 1.54) is 6.07 Å². The standard InChI is InChI=1S/C25H25F3N6O/c1-33-15-18(13-30-33)20-11-21-17(10-22(20)26)12-29-32-23(21)24(35)31-19-4-2-16(3-5-19)14-34-8-6-25(27,28)7-9-34/h2-5,10-11,13,15,29H,6-9,12,14H2,1H3,(H,31,35). The SMILES string of the molecule is Cn1cc(-c2cc3c(cc2F)CNN=C3C(=O)Nc2ccc(CN3CCC(F)(F)CC3)cc2)cn1. The van der Waals surface area contributed by atoms with E-state index < -0.39 is 17.6 Å². The molecule has 2 N–H and O–H groups in total. The molecule has 35 heavy (non-hydrogen) atoms. The zero-order valence-corrected chi connectivity index (χ0v) is 19.2. The van der Waals surface area contributed by atoms with Crippen LogP contribution < -0.4 is 10.7 Å². The Balaban J connectivity index is 1.29. The number of piperidine rings is 1. The van der Waals surface area contributed by atoms with Crippen LogP contribution in [0.5, 0.6) is 0 Å². The normalized spacial score (nSPS) is 17.3. The maximum Gasteiger partial charge on any atom is 0.276 e. The van der Waals surface area contributed by atoms with Crippen LogP contribution in [0.3, 0.4) is 0 Å². The van der Waals surface area contributed by atoms with Crippen molar-refractivity contribution in [2.45, 2.75) is 31.9 Å². The Bertz CT molecular complexity index is 1270. The summed E-state index contributed by atoms with van der Waals surface area (Å²) in [6, 6.07) is 10.3. The Hall–Kier alpha value is -3.66. The van der Waals surface area contributed by atoms with Gasteiger partial charge in [0, 0.05) is 68.1 Å². The molecule has 2 aliphatic rings. The molecular weight excluding hydrogens is 457 g/mol. The lowest BCUT2D eigenvalue weighted by Gasteiger charge is -2.31. The third-order valence-corrected chi connectivity index (χ3v) is 6.34. The summed E-state index contributed by atoms with van der Waals surface area (Å²) in [6.07, 6.45) is 3.04. The van der Waals surface area contributed by atoms with Gasteiger partial charge in [-0.2, -0.15) is 10.2 Å². The quantitative estimate of drug-likeness (QED) is 0.579. The Morgan fingerprint density at radius 2 is 1.89 bits per heavy atom. The molecule has 2 aromatic carbocycles. The van der Waals surface area contributed by atoms with Gasteiger partial charge < -0.3 is 10.7 Å². The van der Waals surface area contributed by atoms with E-state index in [4.69, 9.17) is 0 Å². The summed E-state index contributed by atoms with van der Waals surface area (Å²) >= 11 is 0. The number of benzene rings is 2. The molecule has 0 spiro atoms. The van der Waals surface area contributed by atoms with Crippen LogP contribution in [0.15, 0.2) is 53.9 Å². The zero-order chi connectivity index (χ0) is 24.6. The molecule has 3 heterocycles. The number of carbonyl (C=O) groups is 1. The molecule has 0 atom stereocenters. The Morgan fingerprint density at radius 3 is 2.57 bits per heavy atom. The molecule has 1 fully saturated rings. The third kappa shape index (κ3) is 5.07. The number of rotatable bonds is 5. The van der Waals surface area contributed by atoms with Gasteiger partial charge in [0.05, 0.1) is 12.7 Å². The number of hydrogen-bond acceptors (Lipinski definition) is 5. The smallest absolute Gasteiger partial charge is 0.276 e. The first-order valence-electron chi connectivity index (χ1n) is 11.4. The number of carbonyl (C=O) groups excluding carboxylic acids is 1. The maximum atomic E-state index is 14.7. The minimum Gasteiger partial charge on any atom is -0.321 e. The molecule has 10 heteroatoms. The molecule has 0 aliphatic carbocycles. The fourth-order valence-electron chi connectivity index (χ4n) is 4.38. The number of nitrogens with zero attached hydrogens (tertiary/aromatic N) is 4. The first-order valence-corrected chi connectivity index (χ1v) is 11.4. The number of amides is 1. The van der Waals surface area contributed by atoms with Gasteiger partial charge in [-0.15, -0.1) is 0 Å². The minimum atomic E-state index is -2.57. The molecule has 7 nitrogen and oxygen atoms in total. The molecule has 1 aromatic heterocycles. The number of hydrogen-bond donors (Lipinski definition) is 2. The van der Waals surface area contributed by atoms with Crippen LogP contribution in [-0.2, 0) is 24.9 Å². The van der Waals surface area contributed by atoms with Crippen molar-refractivity contribution in [1.82, 2.24) is 20.1 Å².